The zero-order valence-corrected chi connectivity index (χ0v) is 19.8. The molecule has 0 saturated heterocycles. The summed E-state index contributed by atoms with van der Waals surface area (Å²) in [6.45, 7) is 3.94. The topological polar surface area (TPSA) is 75.5 Å². The molecular formula is C27H24N4O2S. The van der Waals surface area contributed by atoms with Crippen molar-refractivity contribution < 1.29 is 9.59 Å². The molecule has 170 valence electrons. The van der Waals surface area contributed by atoms with Crippen molar-refractivity contribution in [3.8, 4) is 11.3 Å². The lowest BCUT2D eigenvalue weighted by Gasteiger charge is -2.08. The molecule has 2 heterocycles. The molecule has 5 rings (SSSR count). The number of anilines is 1. The first-order valence-corrected chi connectivity index (χ1v) is 11.9. The highest BCUT2D eigenvalue weighted by Crippen LogP contribution is 2.29. The Bertz CT molecular complexity index is 1500. The van der Waals surface area contributed by atoms with Gasteiger partial charge in [-0.2, -0.15) is 0 Å². The lowest BCUT2D eigenvalue weighted by molar-refractivity contribution is -0.123. The van der Waals surface area contributed by atoms with Crippen LogP contribution in [0.4, 0.5) is 5.69 Å². The van der Waals surface area contributed by atoms with Crippen molar-refractivity contribution in [3.63, 3.8) is 0 Å². The van der Waals surface area contributed by atoms with Crippen LogP contribution in [0.25, 0.3) is 26.4 Å². The van der Waals surface area contributed by atoms with Crippen LogP contribution in [0.1, 0.15) is 16.7 Å². The standard InChI is InChI=1S/C27H24N4O2S/c1-17-11-18(2)13-19(12-17)14-25(32)28-15-26(33)29-21-9-7-20(8-10-21)22-16-31-23-5-3-4-6-24(23)34-27(31)30-22/h3-13,16H,14-15H2,1-2H3,(H,28,32)(H,29,33). The monoisotopic (exact) mass is 468 g/mol. The third kappa shape index (κ3) is 4.70. The average Bonchev–Trinajstić information content (AvgIpc) is 3.36. The summed E-state index contributed by atoms with van der Waals surface area (Å²) in [5.74, 6) is -0.446. The molecule has 0 radical (unpaired) electrons. The van der Waals surface area contributed by atoms with E-state index in [1.54, 1.807) is 11.3 Å². The largest absolute Gasteiger partial charge is 0.347 e. The Morgan fingerprint density at radius 1 is 0.941 bits per heavy atom. The Kier molecular flexibility index (Phi) is 5.86. The van der Waals surface area contributed by atoms with Crippen molar-refractivity contribution >= 4 is 44.0 Å². The number of para-hydroxylation sites is 1. The molecule has 3 aromatic carbocycles. The van der Waals surface area contributed by atoms with Crippen molar-refractivity contribution in [1.82, 2.24) is 14.7 Å². The first-order chi connectivity index (χ1) is 16.4. The SMILES string of the molecule is Cc1cc(C)cc(CC(=O)NCC(=O)Nc2ccc(-c3cn4c(n3)sc3ccccc34)cc2)c1. The van der Waals surface area contributed by atoms with E-state index in [-0.39, 0.29) is 24.8 Å². The summed E-state index contributed by atoms with van der Waals surface area (Å²) in [7, 11) is 0. The van der Waals surface area contributed by atoms with Gasteiger partial charge in [-0.3, -0.25) is 14.0 Å². The first kappa shape index (κ1) is 21.9. The molecule has 0 unspecified atom stereocenters. The van der Waals surface area contributed by atoms with Gasteiger partial charge in [0.05, 0.1) is 28.9 Å². The third-order valence-electron chi connectivity index (χ3n) is 5.56. The summed E-state index contributed by atoms with van der Waals surface area (Å²) >= 11 is 1.66. The molecule has 2 N–H and O–H groups in total. The molecule has 0 spiro atoms. The van der Waals surface area contributed by atoms with Gasteiger partial charge in [-0.25, -0.2) is 4.98 Å². The minimum absolute atomic E-state index is 0.0736. The van der Waals surface area contributed by atoms with Crippen molar-refractivity contribution in [3.05, 3.63) is 89.6 Å². The number of carbonyl (C=O) groups excluding carboxylic acids is 2. The molecule has 7 heteroatoms. The second-order valence-electron chi connectivity index (χ2n) is 8.42. The number of rotatable bonds is 6. The Morgan fingerprint density at radius 2 is 1.68 bits per heavy atom. The van der Waals surface area contributed by atoms with Gasteiger partial charge in [0, 0.05) is 17.4 Å². The Morgan fingerprint density at radius 3 is 2.44 bits per heavy atom. The first-order valence-electron chi connectivity index (χ1n) is 11.1. The molecule has 0 aliphatic carbocycles. The summed E-state index contributed by atoms with van der Waals surface area (Å²) in [6, 6.07) is 21.8. The molecule has 0 aliphatic rings. The van der Waals surface area contributed by atoms with E-state index in [1.807, 2.05) is 68.6 Å². The lowest BCUT2D eigenvalue weighted by atomic mass is 10.0. The molecule has 0 saturated carbocycles. The maximum absolute atomic E-state index is 12.3. The molecule has 0 aliphatic heterocycles. The summed E-state index contributed by atoms with van der Waals surface area (Å²) in [6.07, 6.45) is 2.29. The number of benzene rings is 3. The van der Waals surface area contributed by atoms with Crippen LogP contribution in [-0.4, -0.2) is 27.7 Å². The van der Waals surface area contributed by atoms with Crippen LogP contribution in [-0.2, 0) is 16.0 Å². The van der Waals surface area contributed by atoms with Crippen LogP contribution in [0.5, 0.6) is 0 Å². The average molecular weight is 469 g/mol. The fourth-order valence-corrected chi connectivity index (χ4v) is 5.12. The zero-order valence-electron chi connectivity index (χ0n) is 19.0. The van der Waals surface area contributed by atoms with Crippen molar-refractivity contribution in [1.29, 1.82) is 0 Å². The van der Waals surface area contributed by atoms with Crippen molar-refractivity contribution in [2.75, 3.05) is 11.9 Å². The number of aromatic nitrogens is 2. The Labute approximate surface area is 201 Å². The van der Waals surface area contributed by atoms with Crippen molar-refractivity contribution in [2.45, 2.75) is 20.3 Å². The van der Waals surface area contributed by atoms with Crippen molar-refractivity contribution in [2.24, 2.45) is 0 Å². The van der Waals surface area contributed by atoms with Gasteiger partial charge < -0.3 is 10.6 Å². The van der Waals surface area contributed by atoms with Crippen LogP contribution in [0.3, 0.4) is 0 Å². The molecular weight excluding hydrogens is 444 g/mol. The van der Waals surface area contributed by atoms with Crippen LogP contribution in [0.15, 0.2) is 72.9 Å². The van der Waals surface area contributed by atoms with E-state index >= 15 is 0 Å². The van der Waals surface area contributed by atoms with Crippen LogP contribution in [0.2, 0.25) is 0 Å². The third-order valence-corrected chi connectivity index (χ3v) is 6.59. The van der Waals surface area contributed by atoms with Gasteiger partial charge >= 0.3 is 0 Å². The second kappa shape index (κ2) is 9.11. The van der Waals surface area contributed by atoms with E-state index in [1.165, 1.54) is 4.70 Å². The predicted molar refractivity (Wildman–Crippen MR) is 137 cm³/mol. The smallest absolute Gasteiger partial charge is 0.243 e. The zero-order chi connectivity index (χ0) is 23.7. The van der Waals surface area contributed by atoms with Gasteiger partial charge in [-0.05, 0) is 43.7 Å². The minimum atomic E-state index is -0.268. The van der Waals surface area contributed by atoms with Gasteiger partial charge in [0.15, 0.2) is 4.96 Å². The Hall–Kier alpha value is -3.97. The van der Waals surface area contributed by atoms with E-state index in [4.69, 9.17) is 4.98 Å². The molecule has 2 amide bonds. The highest BCUT2D eigenvalue weighted by Gasteiger charge is 2.11. The highest BCUT2D eigenvalue weighted by molar-refractivity contribution is 7.23. The van der Waals surface area contributed by atoms with E-state index in [2.05, 4.69) is 33.2 Å². The summed E-state index contributed by atoms with van der Waals surface area (Å²) in [5.41, 5.74) is 6.85. The highest BCUT2D eigenvalue weighted by atomic mass is 32.1. The molecule has 2 aromatic heterocycles. The van der Waals surface area contributed by atoms with Crippen LogP contribution >= 0.6 is 11.3 Å². The van der Waals surface area contributed by atoms with Gasteiger partial charge in [-0.15, -0.1) is 0 Å². The van der Waals surface area contributed by atoms with Gasteiger partial charge in [-0.1, -0.05) is 64.9 Å². The number of carbonyl (C=O) groups is 2. The number of amides is 2. The maximum atomic E-state index is 12.3. The number of thiazole rings is 1. The van der Waals surface area contributed by atoms with E-state index in [0.29, 0.717) is 5.69 Å². The number of aryl methyl sites for hydroxylation is 2. The molecule has 6 nitrogen and oxygen atoms in total. The fraction of sp³-hybridized carbons (Fsp3) is 0.148. The number of fused-ring (bicyclic) bond motifs is 3. The summed E-state index contributed by atoms with van der Waals surface area (Å²) in [4.78, 5) is 30.2. The number of hydrogen-bond donors (Lipinski definition) is 2. The van der Waals surface area contributed by atoms with Gasteiger partial charge in [0.1, 0.15) is 0 Å². The lowest BCUT2D eigenvalue weighted by Crippen LogP contribution is -2.33. The Balaban J connectivity index is 1.18. The minimum Gasteiger partial charge on any atom is -0.347 e. The summed E-state index contributed by atoms with van der Waals surface area (Å²) < 4.78 is 3.31. The number of nitrogens with zero attached hydrogens (tertiary/aromatic N) is 2. The number of hydrogen-bond acceptors (Lipinski definition) is 4. The number of nitrogens with one attached hydrogen (secondary N) is 2. The van der Waals surface area contributed by atoms with E-state index in [0.717, 1.165) is 38.4 Å². The molecule has 0 atom stereocenters. The normalized spacial score (nSPS) is 11.1. The maximum Gasteiger partial charge on any atom is 0.243 e. The predicted octanol–water partition coefficient (Wildman–Crippen LogP) is 5.13. The van der Waals surface area contributed by atoms with E-state index < -0.39 is 0 Å². The van der Waals surface area contributed by atoms with Crippen LogP contribution in [0, 0.1) is 13.8 Å². The van der Waals surface area contributed by atoms with Gasteiger partial charge in [0.25, 0.3) is 0 Å². The second-order valence-corrected chi connectivity index (χ2v) is 9.43. The molecule has 0 fully saturated rings. The quantitative estimate of drug-likeness (QED) is 0.363. The number of imidazole rings is 1. The summed E-state index contributed by atoms with van der Waals surface area (Å²) in [5, 5.41) is 5.52. The fourth-order valence-electron chi connectivity index (χ4n) is 4.12. The molecule has 5 aromatic rings. The van der Waals surface area contributed by atoms with E-state index in [9.17, 15) is 9.59 Å². The van der Waals surface area contributed by atoms with Gasteiger partial charge in [0.2, 0.25) is 11.8 Å². The molecule has 0 bridgehead atoms. The van der Waals surface area contributed by atoms with Crippen LogP contribution < -0.4 is 10.6 Å². The molecule has 34 heavy (non-hydrogen) atoms.